The van der Waals surface area contributed by atoms with Crippen molar-refractivity contribution in [3.05, 3.63) is 53.2 Å². The summed E-state index contributed by atoms with van der Waals surface area (Å²) in [5.74, 6) is -0.321. The lowest BCUT2D eigenvalue weighted by atomic mass is 10.2. The number of aromatic nitrogens is 1. The molecule has 2 rings (SSSR count). The first kappa shape index (κ1) is 12.2. The molecule has 0 aliphatic heterocycles. The van der Waals surface area contributed by atoms with E-state index in [0.717, 1.165) is 28.8 Å². The van der Waals surface area contributed by atoms with Crippen molar-refractivity contribution in [1.82, 2.24) is 4.57 Å². The second kappa shape index (κ2) is 4.96. The topological polar surface area (TPSA) is 58.2 Å². The molecule has 0 bridgehead atoms. The van der Waals surface area contributed by atoms with E-state index in [4.69, 9.17) is 4.42 Å². The van der Waals surface area contributed by atoms with Crippen molar-refractivity contribution in [2.75, 3.05) is 0 Å². The van der Waals surface area contributed by atoms with Gasteiger partial charge in [0.25, 0.3) is 0 Å². The largest absolute Gasteiger partial charge is 0.545 e. The molecule has 2 aromatic rings. The minimum absolute atomic E-state index is 0.643. The van der Waals surface area contributed by atoms with Gasteiger partial charge in [0, 0.05) is 11.4 Å². The summed E-state index contributed by atoms with van der Waals surface area (Å²) in [4.78, 5) is 10.4. The summed E-state index contributed by atoms with van der Waals surface area (Å²) in [7, 11) is 0. The van der Waals surface area contributed by atoms with Crippen molar-refractivity contribution < 1.29 is 14.3 Å². The van der Waals surface area contributed by atoms with Crippen molar-refractivity contribution in [3.63, 3.8) is 0 Å². The number of aryl methyl sites for hydroxylation is 1. The van der Waals surface area contributed by atoms with Gasteiger partial charge in [-0.05, 0) is 43.7 Å². The molecule has 94 valence electrons. The van der Waals surface area contributed by atoms with Gasteiger partial charge in [0.05, 0.1) is 18.8 Å². The zero-order chi connectivity index (χ0) is 13.1. The maximum Gasteiger partial charge on any atom is 0.123 e. The van der Waals surface area contributed by atoms with Crippen LogP contribution in [-0.2, 0) is 11.3 Å². The van der Waals surface area contributed by atoms with Gasteiger partial charge in [-0.2, -0.15) is 0 Å². The molecule has 18 heavy (non-hydrogen) atoms. The van der Waals surface area contributed by atoms with Gasteiger partial charge >= 0.3 is 0 Å². The van der Waals surface area contributed by atoms with E-state index >= 15 is 0 Å². The average molecular weight is 244 g/mol. The third-order valence-electron chi connectivity index (χ3n) is 2.91. The van der Waals surface area contributed by atoms with Crippen LogP contribution in [-0.4, -0.2) is 10.5 Å². The third-order valence-corrected chi connectivity index (χ3v) is 2.91. The fourth-order valence-corrected chi connectivity index (χ4v) is 1.96. The van der Waals surface area contributed by atoms with E-state index in [0.29, 0.717) is 6.54 Å². The van der Waals surface area contributed by atoms with Crippen molar-refractivity contribution in [2.45, 2.75) is 20.4 Å². The Morgan fingerprint density at radius 2 is 2.28 bits per heavy atom. The predicted octanol–water partition coefficient (Wildman–Crippen LogP) is 1.51. The molecule has 0 saturated carbocycles. The Balaban J connectivity index is 2.29. The minimum atomic E-state index is -1.19. The summed E-state index contributed by atoms with van der Waals surface area (Å²) in [5, 5.41) is 10.4. The van der Waals surface area contributed by atoms with Crippen LogP contribution in [0.2, 0.25) is 0 Å². The molecule has 0 aromatic carbocycles. The van der Waals surface area contributed by atoms with Gasteiger partial charge in [0.15, 0.2) is 0 Å². The molecule has 0 saturated heterocycles. The summed E-state index contributed by atoms with van der Waals surface area (Å²) in [6.07, 6.45) is 4.23. The van der Waals surface area contributed by atoms with Crippen LogP contribution in [0.4, 0.5) is 0 Å². The SMILES string of the molecule is Cc1cc(/C=C/C(=O)[O-])c(C)n1Cc1ccco1. The predicted molar refractivity (Wildman–Crippen MR) is 65.8 cm³/mol. The highest BCUT2D eigenvalue weighted by molar-refractivity contribution is 5.83. The zero-order valence-electron chi connectivity index (χ0n) is 10.3. The summed E-state index contributed by atoms with van der Waals surface area (Å²) in [6, 6.07) is 5.70. The van der Waals surface area contributed by atoms with Gasteiger partial charge in [0.1, 0.15) is 5.76 Å². The molecular weight excluding hydrogens is 230 g/mol. The van der Waals surface area contributed by atoms with Gasteiger partial charge in [-0.25, -0.2) is 0 Å². The zero-order valence-corrected chi connectivity index (χ0v) is 10.3. The molecular formula is C14H14NO3-. The molecule has 0 aliphatic rings. The second-order valence-corrected chi connectivity index (χ2v) is 4.14. The summed E-state index contributed by atoms with van der Waals surface area (Å²) in [5.41, 5.74) is 2.94. The molecule has 0 radical (unpaired) electrons. The number of furan rings is 1. The molecule has 2 aromatic heterocycles. The highest BCUT2D eigenvalue weighted by Crippen LogP contribution is 2.18. The molecule has 0 atom stereocenters. The molecule has 2 heterocycles. The van der Waals surface area contributed by atoms with E-state index < -0.39 is 5.97 Å². The Kier molecular flexibility index (Phi) is 3.37. The molecule has 0 aliphatic carbocycles. The van der Waals surface area contributed by atoms with Crippen molar-refractivity contribution in [1.29, 1.82) is 0 Å². The molecule has 4 nitrogen and oxygen atoms in total. The normalized spacial score (nSPS) is 11.2. The maximum atomic E-state index is 10.4. The van der Waals surface area contributed by atoms with Gasteiger partial charge in [0.2, 0.25) is 0 Å². The number of nitrogens with zero attached hydrogens (tertiary/aromatic N) is 1. The smallest absolute Gasteiger partial charge is 0.123 e. The quantitative estimate of drug-likeness (QED) is 0.766. The van der Waals surface area contributed by atoms with Crippen molar-refractivity contribution in [3.8, 4) is 0 Å². The van der Waals surface area contributed by atoms with Crippen LogP contribution in [0.3, 0.4) is 0 Å². The Morgan fingerprint density at radius 3 is 2.89 bits per heavy atom. The fraction of sp³-hybridized carbons (Fsp3) is 0.214. The Labute approximate surface area is 105 Å². The van der Waals surface area contributed by atoms with E-state index in [1.807, 2.05) is 32.0 Å². The number of carbonyl (C=O) groups excluding carboxylic acids is 1. The number of carboxylic acid groups (broad SMARTS) is 1. The van der Waals surface area contributed by atoms with Gasteiger partial charge in [-0.1, -0.05) is 6.08 Å². The molecule has 4 heteroatoms. The van der Waals surface area contributed by atoms with Gasteiger partial charge in [-0.15, -0.1) is 0 Å². The molecule has 0 spiro atoms. The Bertz CT molecular complexity index is 576. The number of hydrogen-bond donors (Lipinski definition) is 0. The van der Waals surface area contributed by atoms with E-state index in [1.165, 1.54) is 0 Å². The number of aliphatic carboxylic acids is 1. The summed E-state index contributed by atoms with van der Waals surface area (Å²) in [6.45, 7) is 4.57. The van der Waals surface area contributed by atoms with Crippen LogP contribution in [0.25, 0.3) is 6.08 Å². The van der Waals surface area contributed by atoms with E-state index in [1.54, 1.807) is 12.3 Å². The third kappa shape index (κ3) is 2.53. The lowest BCUT2D eigenvalue weighted by Gasteiger charge is -2.07. The Hall–Kier alpha value is -2.23. The van der Waals surface area contributed by atoms with Crippen LogP contribution < -0.4 is 5.11 Å². The molecule has 0 unspecified atom stereocenters. The van der Waals surface area contributed by atoms with Gasteiger partial charge in [-0.3, -0.25) is 0 Å². The van der Waals surface area contributed by atoms with E-state index in [2.05, 4.69) is 4.57 Å². The van der Waals surface area contributed by atoms with Crippen LogP contribution in [0, 0.1) is 13.8 Å². The first-order valence-corrected chi connectivity index (χ1v) is 5.66. The monoisotopic (exact) mass is 244 g/mol. The molecule has 0 fully saturated rings. The molecule has 0 amide bonds. The number of hydrogen-bond acceptors (Lipinski definition) is 3. The second-order valence-electron chi connectivity index (χ2n) is 4.14. The van der Waals surface area contributed by atoms with Crippen LogP contribution in [0.15, 0.2) is 35.0 Å². The number of carbonyl (C=O) groups is 1. The van der Waals surface area contributed by atoms with Crippen molar-refractivity contribution >= 4 is 12.0 Å². The summed E-state index contributed by atoms with van der Waals surface area (Å²) < 4.78 is 7.39. The van der Waals surface area contributed by atoms with Crippen LogP contribution in [0.1, 0.15) is 22.7 Å². The average Bonchev–Trinajstić information content (AvgIpc) is 2.90. The highest BCUT2D eigenvalue weighted by Gasteiger charge is 2.08. The molecule has 0 N–H and O–H groups in total. The van der Waals surface area contributed by atoms with E-state index in [9.17, 15) is 9.90 Å². The minimum Gasteiger partial charge on any atom is -0.545 e. The van der Waals surface area contributed by atoms with Crippen molar-refractivity contribution in [2.24, 2.45) is 0 Å². The Morgan fingerprint density at radius 1 is 1.50 bits per heavy atom. The standard InChI is InChI=1S/C14H15NO3/c1-10-8-12(5-6-14(16)17)11(2)15(10)9-13-4-3-7-18-13/h3-8H,9H2,1-2H3,(H,16,17)/p-1/b6-5+. The fourth-order valence-electron chi connectivity index (χ4n) is 1.96. The number of carboxylic acids is 1. The highest BCUT2D eigenvalue weighted by atomic mass is 16.4. The first-order valence-electron chi connectivity index (χ1n) is 5.66. The van der Waals surface area contributed by atoms with E-state index in [-0.39, 0.29) is 0 Å². The maximum absolute atomic E-state index is 10.4. The van der Waals surface area contributed by atoms with Crippen LogP contribution in [0.5, 0.6) is 0 Å². The lowest BCUT2D eigenvalue weighted by molar-refractivity contribution is -0.297. The summed E-state index contributed by atoms with van der Waals surface area (Å²) >= 11 is 0. The number of rotatable bonds is 4. The lowest BCUT2D eigenvalue weighted by Crippen LogP contribution is -2.18. The van der Waals surface area contributed by atoms with Gasteiger partial charge < -0.3 is 18.9 Å². The van der Waals surface area contributed by atoms with Crippen LogP contribution >= 0.6 is 0 Å². The first-order chi connectivity index (χ1) is 8.58.